The third kappa shape index (κ3) is 7.33. The lowest BCUT2D eigenvalue weighted by molar-refractivity contribution is -0.132. The number of hydrogen-bond acceptors (Lipinski definition) is 2. The molecule has 0 unspecified atom stereocenters. The molecule has 118 valence electrons. The number of hydrogen-bond donors (Lipinski definition) is 2. The Labute approximate surface area is 117 Å². The first kappa shape index (κ1) is 17.0. The molecule has 0 atom stereocenters. The first-order valence-corrected chi connectivity index (χ1v) is 5.89. The number of carbonyl (C=O) groups excluding carboxylic acids is 1. The van der Waals surface area contributed by atoms with E-state index in [1.807, 2.05) is 5.32 Å². The van der Waals surface area contributed by atoms with Gasteiger partial charge in [0.25, 0.3) is 6.43 Å². The molecule has 2 N–H and O–H groups in total. The molecule has 0 aliphatic carbocycles. The standard InChI is InChI=1S/C12H13F5N2O2/c13-10(14)7-21-9-4-2-1-3-8(9)19-11(20)18-6-5-12(15,16)17/h1-4,10H,5-7H2,(H2,18,19,20). The van der Waals surface area contributed by atoms with Crippen molar-refractivity contribution in [3.05, 3.63) is 24.3 Å². The molecular weight excluding hydrogens is 299 g/mol. The van der Waals surface area contributed by atoms with Gasteiger partial charge in [0, 0.05) is 6.54 Å². The van der Waals surface area contributed by atoms with Gasteiger partial charge in [0.1, 0.15) is 12.4 Å². The van der Waals surface area contributed by atoms with Gasteiger partial charge in [0.15, 0.2) is 0 Å². The average molecular weight is 312 g/mol. The molecule has 0 radical (unpaired) electrons. The van der Waals surface area contributed by atoms with E-state index in [2.05, 4.69) is 5.32 Å². The smallest absolute Gasteiger partial charge is 0.390 e. The summed E-state index contributed by atoms with van der Waals surface area (Å²) >= 11 is 0. The van der Waals surface area contributed by atoms with E-state index in [1.165, 1.54) is 24.3 Å². The minimum Gasteiger partial charge on any atom is -0.485 e. The number of nitrogens with one attached hydrogen (secondary N) is 2. The van der Waals surface area contributed by atoms with E-state index in [4.69, 9.17) is 4.74 Å². The third-order valence-electron chi connectivity index (χ3n) is 2.19. The first-order chi connectivity index (χ1) is 9.78. The van der Waals surface area contributed by atoms with E-state index < -0.39 is 38.2 Å². The fraction of sp³-hybridized carbons (Fsp3) is 0.417. The predicted molar refractivity (Wildman–Crippen MR) is 65.6 cm³/mol. The zero-order valence-corrected chi connectivity index (χ0v) is 10.7. The maximum atomic E-state index is 12.1. The molecule has 1 aromatic carbocycles. The number of urea groups is 1. The molecule has 0 heterocycles. The second kappa shape index (κ2) is 7.65. The number of halogens is 5. The van der Waals surface area contributed by atoms with Gasteiger partial charge in [0.2, 0.25) is 0 Å². The fourth-order valence-corrected chi connectivity index (χ4v) is 1.33. The van der Waals surface area contributed by atoms with Crippen LogP contribution in [0.4, 0.5) is 32.4 Å². The van der Waals surface area contributed by atoms with E-state index >= 15 is 0 Å². The number of para-hydroxylation sites is 2. The van der Waals surface area contributed by atoms with Gasteiger partial charge in [0.05, 0.1) is 12.1 Å². The summed E-state index contributed by atoms with van der Waals surface area (Å²) in [5.74, 6) is 0.00349. The summed E-state index contributed by atoms with van der Waals surface area (Å²) in [5.41, 5.74) is 0.0858. The van der Waals surface area contributed by atoms with Gasteiger partial charge in [-0.1, -0.05) is 12.1 Å². The Bertz CT molecular complexity index is 465. The second-order valence-electron chi connectivity index (χ2n) is 3.94. The molecule has 0 saturated heterocycles. The summed E-state index contributed by atoms with van der Waals surface area (Å²) in [5, 5.41) is 4.24. The maximum Gasteiger partial charge on any atom is 0.390 e. The van der Waals surface area contributed by atoms with E-state index in [9.17, 15) is 26.7 Å². The molecule has 1 rings (SSSR count). The van der Waals surface area contributed by atoms with Crippen LogP contribution in [0.1, 0.15) is 6.42 Å². The third-order valence-corrected chi connectivity index (χ3v) is 2.19. The fourth-order valence-electron chi connectivity index (χ4n) is 1.33. The number of rotatable bonds is 6. The molecular formula is C12H13F5N2O2. The number of carbonyl (C=O) groups is 1. The molecule has 0 saturated carbocycles. The van der Waals surface area contributed by atoms with Gasteiger partial charge >= 0.3 is 12.2 Å². The molecule has 0 spiro atoms. The van der Waals surface area contributed by atoms with Gasteiger partial charge in [-0.15, -0.1) is 0 Å². The minimum absolute atomic E-state index is 0.00349. The lowest BCUT2D eigenvalue weighted by Gasteiger charge is -2.13. The van der Waals surface area contributed by atoms with Gasteiger partial charge in [-0.3, -0.25) is 0 Å². The van der Waals surface area contributed by atoms with Crippen molar-refractivity contribution in [2.75, 3.05) is 18.5 Å². The van der Waals surface area contributed by atoms with Gasteiger partial charge in [-0.2, -0.15) is 13.2 Å². The van der Waals surface area contributed by atoms with Crippen molar-refractivity contribution < 1.29 is 31.5 Å². The van der Waals surface area contributed by atoms with Crippen LogP contribution in [0, 0.1) is 0 Å². The molecule has 21 heavy (non-hydrogen) atoms. The Hall–Kier alpha value is -2.06. The summed E-state index contributed by atoms with van der Waals surface area (Å²) in [6.45, 7) is -1.44. The van der Waals surface area contributed by atoms with Gasteiger partial charge < -0.3 is 15.4 Å². The van der Waals surface area contributed by atoms with Crippen LogP contribution in [0.3, 0.4) is 0 Å². The van der Waals surface area contributed by atoms with Crippen LogP contribution >= 0.6 is 0 Å². The van der Waals surface area contributed by atoms with Crippen molar-refractivity contribution in [3.8, 4) is 5.75 Å². The van der Waals surface area contributed by atoms with E-state index in [0.29, 0.717) is 0 Å². The number of ether oxygens (including phenoxy) is 1. The molecule has 0 aromatic heterocycles. The lowest BCUT2D eigenvalue weighted by atomic mass is 10.3. The van der Waals surface area contributed by atoms with Crippen LogP contribution < -0.4 is 15.4 Å². The van der Waals surface area contributed by atoms with Crippen LogP contribution in [0.5, 0.6) is 5.75 Å². The first-order valence-electron chi connectivity index (χ1n) is 5.89. The van der Waals surface area contributed by atoms with Crippen molar-refractivity contribution in [1.82, 2.24) is 5.32 Å². The zero-order chi connectivity index (χ0) is 15.9. The summed E-state index contributed by atoms with van der Waals surface area (Å²) in [6, 6.07) is 4.87. The van der Waals surface area contributed by atoms with Crippen molar-refractivity contribution >= 4 is 11.7 Å². The summed E-state index contributed by atoms with van der Waals surface area (Å²) < 4.78 is 64.6. The van der Waals surface area contributed by atoms with Crippen LogP contribution in [0.15, 0.2) is 24.3 Å². The number of amides is 2. The monoisotopic (exact) mass is 312 g/mol. The van der Waals surface area contributed by atoms with Crippen molar-refractivity contribution in [3.63, 3.8) is 0 Å². The lowest BCUT2D eigenvalue weighted by Crippen LogP contribution is -2.32. The zero-order valence-electron chi connectivity index (χ0n) is 10.7. The van der Waals surface area contributed by atoms with Crippen molar-refractivity contribution in [2.45, 2.75) is 19.0 Å². The molecule has 0 aliphatic heterocycles. The second-order valence-corrected chi connectivity index (χ2v) is 3.94. The highest BCUT2D eigenvalue weighted by Gasteiger charge is 2.26. The number of benzene rings is 1. The summed E-state index contributed by atoms with van der Waals surface area (Å²) in [6.07, 6.45) is -8.21. The van der Waals surface area contributed by atoms with Crippen molar-refractivity contribution in [1.29, 1.82) is 0 Å². The van der Waals surface area contributed by atoms with Crippen LogP contribution in [0.25, 0.3) is 0 Å². The molecule has 0 aliphatic rings. The normalized spacial score (nSPS) is 11.3. The molecule has 2 amide bonds. The Morgan fingerprint density at radius 2 is 1.90 bits per heavy atom. The summed E-state index contributed by atoms with van der Waals surface area (Å²) in [7, 11) is 0. The highest BCUT2D eigenvalue weighted by molar-refractivity contribution is 5.90. The number of alkyl halides is 5. The highest BCUT2D eigenvalue weighted by atomic mass is 19.4. The van der Waals surface area contributed by atoms with E-state index in [-0.39, 0.29) is 11.4 Å². The van der Waals surface area contributed by atoms with Crippen LogP contribution in [0.2, 0.25) is 0 Å². The average Bonchev–Trinajstić information content (AvgIpc) is 2.36. The Kier molecular flexibility index (Phi) is 6.19. The minimum atomic E-state index is -4.37. The van der Waals surface area contributed by atoms with E-state index in [1.54, 1.807) is 0 Å². The molecule has 9 heteroatoms. The Balaban J connectivity index is 2.51. The summed E-state index contributed by atoms with van der Waals surface area (Å²) in [4.78, 5) is 11.4. The molecule has 0 bridgehead atoms. The van der Waals surface area contributed by atoms with Crippen LogP contribution in [-0.4, -0.2) is 31.8 Å². The SMILES string of the molecule is O=C(NCCC(F)(F)F)Nc1ccccc1OCC(F)F. The highest BCUT2D eigenvalue weighted by Crippen LogP contribution is 2.24. The Morgan fingerprint density at radius 3 is 2.52 bits per heavy atom. The van der Waals surface area contributed by atoms with Gasteiger partial charge in [-0.25, -0.2) is 13.6 Å². The predicted octanol–water partition coefficient (Wildman–Crippen LogP) is 3.40. The molecule has 0 fully saturated rings. The Morgan fingerprint density at radius 1 is 1.24 bits per heavy atom. The molecule has 1 aromatic rings. The topological polar surface area (TPSA) is 50.4 Å². The van der Waals surface area contributed by atoms with Gasteiger partial charge in [-0.05, 0) is 12.1 Å². The quantitative estimate of drug-likeness (QED) is 0.791. The van der Waals surface area contributed by atoms with Crippen LogP contribution in [-0.2, 0) is 0 Å². The maximum absolute atomic E-state index is 12.1. The van der Waals surface area contributed by atoms with Crippen molar-refractivity contribution in [2.24, 2.45) is 0 Å². The molecule has 4 nitrogen and oxygen atoms in total. The number of anilines is 1. The van der Waals surface area contributed by atoms with E-state index in [0.717, 1.165) is 0 Å². The largest absolute Gasteiger partial charge is 0.485 e.